The van der Waals surface area contributed by atoms with E-state index < -0.39 is 5.97 Å². The normalized spacial score (nSPS) is 16.6. The van der Waals surface area contributed by atoms with Gasteiger partial charge in [0.15, 0.2) is 0 Å². The summed E-state index contributed by atoms with van der Waals surface area (Å²) in [6.07, 6.45) is 4.55. The number of rotatable bonds is 4. The second-order valence-electron chi connectivity index (χ2n) is 5.67. The predicted octanol–water partition coefficient (Wildman–Crippen LogP) is 4.27. The van der Waals surface area contributed by atoms with Crippen LogP contribution in [0.15, 0.2) is 54.6 Å². The number of anilines is 1. The number of carbonyl (C=O) groups is 1. The second kappa shape index (κ2) is 5.60. The summed E-state index contributed by atoms with van der Waals surface area (Å²) < 4.78 is 0. The summed E-state index contributed by atoms with van der Waals surface area (Å²) in [5.74, 6) is -0.890. The van der Waals surface area contributed by atoms with Crippen LogP contribution in [0.25, 0.3) is 0 Å². The van der Waals surface area contributed by atoms with Crippen LogP contribution in [-0.2, 0) is 5.54 Å². The summed E-state index contributed by atoms with van der Waals surface area (Å²) in [7, 11) is 0. The average molecular weight is 281 g/mol. The lowest BCUT2D eigenvalue weighted by atomic mass is 9.88. The third-order valence-corrected chi connectivity index (χ3v) is 4.28. The predicted molar refractivity (Wildman–Crippen MR) is 83.6 cm³/mol. The molecule has 2 N–H and O–H groups in total. The number of hydrogen-bond donors (Lipinski definition) is 2. The van der Waals surface area contributed by atoms with Crippen LogP contribution in [0.2, 0.25) is 0 Å². The van der Waals surface area contributed by atoms with Crippen LogP contribution in [0.4, 0.5) is 5.69 Å². The Balaban J connectivity index is 1.93. The van der Waals surface area contributed by atoms with Gasteiger partial charge in [-0.05, 0) is 36.6 Å². The summed E-state index contributed by atoms with van der Waals surface area (Å²) in [6, 6.07) is 17.5. The van der Waals surface area contributed by atoms with Gasteiger partial charge in [0.25, 0.3) is 0 Å². The van der Waals surface area contributed by atoms with E-state index >= 15 is 0 Å². The highest BCUT2D eigenvalue weighted by Crippen LogP contribution is 2.41. The third kappa shape index (κ3) is 2.77. The van der Waals surface area contributed by atoms with Gasteiger partial charge in [-0.15, -0.1) is 0 Å². The molecule has 0 heterocycles. The van der Waals surface area contributed by atoms with Crippen molar-refractivity contribution in [3.05, 3.63) is 65.7 Å². The first-order valence-electron chi connectivity index (χ1n) is 7.37. The molecule has 3 rings (SSSR count). The number of aromatic carboxylic acids is 1. The van der Waals surface area contributed by atoms with Crippen LogP contribution in [-0.4, -0.2) is 11.1 Å². The fraction of sp³-hybridized carbons (Fsp3) is 0.278. The monoisotopic (exact) mass is 281 g/mol. The Bertz CT molecular complexity index is 631. The van der Waals surface area contributed by atoms with Crippen molar-refractivity contribution in [3.8, 4) is 0 Å². The molecule has 1 saturated carbocycles. The topological polar surface area (TPSA) is 49.3 Å². The zero-order chi connectivity index (χ0) is 14.7. The van der Waals surface area contributed by atoms with Crippen LogP contribution in [0, 0.1) is 0 Å². The summed E-state index contributed by atoms with van der Waals surface area (Å²) in [4.78, 5) is 11.1. The van der Waals surface area contributed by atoms with E-state index in [0.29, 0.717) is 5.56 Å². The molecule has 0 bridgehead atoms. The number of benzene rings is 2. The van der Waals surface area contributed by atoms with E-state index in [1.807, 2.05) is 12.1 Å². The van der Waals surface area contributed by atoms with Crippen molar-refractivity contribution < 1.29 is 9.90 Å². The van der Waals surface area contributed by atoms with Crippen LogP contribution >= 0.6 is 0 Å². The van der Waals surface area contributed by atoms with E-state index in [9.17, 15) is 4.79 Å². The van der Waals surface area contributed by atoms with E-state index in [1.54, 1.807) is 18.2 Å². The first-order chi connectivity index (χ1) is 10.2. The molecule has 21 heavy (non-hydrogen) atoms. The molecule has 1 fully saturated rings. The Morgan fingerprint density at radius 2 is 1.71 bits per heavy atom. The van der Waals surface area contributed by atoms with Crippen molar-refractivity contribution in [3.63, 3.8) is 0 Å². The Hall–Kier alpha value is -2.29. The number of hydrogen-bond acceptors (Lipinski definition) is 2. The van der Waals surface area contributed by atoms with Crippen molar-refractivity contribution in [1.29, 1.82) is 0 Å². The minimum absolute atomic E-state index is 0.0710. The molecule has 1 aliphatic rings. The molecule has 3 nitrogen and oxygen atoms in total. The molecule has 0 unspecified atom stereocenters. The van der Waals surface area contributed by atoms with Gasteiger partial charge in [0.1, 0.15) is 0 Å². The van der Waals surface area contributed by atoms with E-state index in [1.165, 1.54) is 18.4 Å². The standard InChI is InChI=1S/C18H19NO2/c20-17(21)14-7-6-10-16(13-14)19-18(11-4-5-12-18)15-8-2-1-3-9-15/h1-3,6-10,13,19H,4-5,11-12H2,(H,20,21). The second-order valence-corrected chi connectivity index (χ2v) is 5.67. The van der Waals surface area contributed by atoms with Gasteiger partial charge in [-0.1, -0.05) is 49.2 Å². The Kier molecular flexibility index (Phi) is 3.65. The fourth-order valence-electron chi connectivity index (χ4n) is 3.23. The first kappa shape index (κ1) is 13.7. The Morgan fingerprint density at radius 3 is 2.38 bits per heavy atom. The van der Waals surface area contributed by atoms with Gasteiger partial charge >= 0.3 is 5.97 Å². The van der Waals surface area contributed by atoms with Gasteiger partial charge in [0, 0.05) is 5.69 Å². The molecule has 0 aliphatic heterocycles. The lowest BCUT2D eigenvalue weighted by molar-refractivity contribution is 0.0697. The SMILES string of the molecule is O=C(O)c1cccc(NC2(c3ccccc3)CCCC2)c1. The third-order valence-electron chi connectivity index (χ3n) is 4.28. The lowest BCUT2D eigenvalue weighted by Crippen LogP contribution is -2.32. The van der Waals surface area contributed by atoms with Crippen molar-refractivity contribution in [2.24, 2.45) is 0 Å². The highest BCUT2D eigenvalue weighted by molar-refractivity contribution is 5.88. The van der Waals surface area contributed by atoms with Crippen molar-refractivity contribution in [2.45, 2.75) is 31.2 Å². The molecule has 0 saturated heterocycles. The molecule has 0 atom stereocenters. The summed E-state index contributed by atoms with van der Waals surface area (Å²) >= 11 is 0. The molecule has 0 radical (unpaired) electrons. The smallest absolute Gasteiger partial charge is 0.335 e. The zero-order valence-corrected chi connectivity index (χ0v) is 11.9. The van der Waals surface area contributed by atoms with E-state index in [2.05, 4.69) is 29.6 Å². The van der Waals surface area contributed by atoms with Gasteiger partial charge < -0.3 is 10.4 Å². The fourth-order valence-corrected chi connectivity index (χ4v) is 3.23. The Morgan fingerprint density at radius 1 is 1.00 bits per heavy atom. The van der Waals surface area contributed by atoms with Crippen molar-refractivity contribution >= 4 is 11.7 Å². The van der Waals surface area contributed by atoms with Crippen molar-refractivity contribution in [2.75, 3.05) is 5.32 Å². The number of nitrogens with one attached hydrogen (secondary N) is 1. The molecule has 3 heteroatoms. The van der Waals surface area contributed by atoms with Gasteiger partial charge in [-0.25, -0.2) is 4.79 Å². The minimum Gasteiger partial charge on any atom is -0.478 e. The number of carboxylic acid groups (broad SMARTS) is 1. The molecular formula is C18H19NO2. The molecule has 1 aliphatic carbocycles. The van der Waals surface area contributed by atoms with E-state index in [-0.39, 0.29) is 5.54 Å². The van der Waals surface area contributed by atoms with Gasteiger partial charge in [0.2, 0.25) is 0 Å². The summed E-state index contributed by atoms with van der Waals surface area (Å²) in [5.41, 5.74) is 2.41. The maximum absolute atomic E-state index is 11.1. The van der Waals surface area contributed by atoms with Gasteiger partial charge in [0.05, 0.1) is 11.1 Å². The molecule has 2 aromatic rings. The highest BCUT2D eigenvalue weighted by Gasteiger charge is 2.35. The lowest BCUT2D eigenvalue weighted by Gasteiger charge is -2.32. The van der Waals surface area contributed by atoms with Crippen LogP contribution in [0.1, 0.15) is 41.6 Å². The molecule has 0 aromatic heterocycles. The van der Waals surface area contributed by atoms with Crippen LogP contribution < -0.4 is 5.32 Å². The number of carboxylic acids is 1. The zero-order valence-electron chi connectivity index (χ0n) is 11.9. The van der Waals surface area contributed by atoms with Crippen LogP contribution in [0.3, 0.4) is 0 Å². The minimum atomic E-state index is -0.890. The van der Waals surface area contributed by atoms with Gasteiger partial charge in [-0.3, -0.25) is 0 Å². The maximum Gasteiger partial charge on any atom is 0.335 e. The van der Waals surface area contributed by atoms with E-state index in [0.717, 1.165) is 18.5 Å². The molecule has 0 amide bonds. The summed E-state index contributed by atoms with van der Waals surface area (Å²) in [5, 5.41) is 12.7. The maximum atomic E-state index is 11.1. The summed E-state index contributed by atoms with van der Waals surface area (Å²) in [6.45, 7) is 0. The molecule has 2 aromatic carbocycles. The highest BCUT2D eigenvalue weighted by atomic mass is 16.4. The largest absolute Gasteiger partial charge is 0.478 e. The molecule has 108 valence electrons. The van der Waals surface area contributed by atoms with Crippen LogP contribution in [0.5, 0.6) is 0 Å². The molecular weight excluding hydrogens is 262 g/mol. The Labute approximate surface area is 124 Å². The van der Waals surface area contributed by atoms with Crippen molar-refractivity contribution in [1.82, 2.24) is 0 Å². The van der Waals surface area contributed by atoms with E-state index in [4.69, 9.17) is 5.11 Å². The quantitative estimate of drug-likeness (QED) is 0.880. The average Bonchev–Trinajstić information content (AvgIpc) is 2.98. The van der Waals surface area contributed by atoms with Gasteiger partial charge in [-0.2, -0.15) is 0 Å². The molecule has 0 spiro atoms. The first-order valence-corrected chi connectivity index (χ1v) is 7.37.